The summed E-state index contributed by atoms with van der Waals surface area (Å²) in [5.74, 6) is -0.434. The standard InChI is InChI=1S/C18H16N6O2.C6H7N.C3H9N/c1-11(19)13(20)9-22-18(26)12-5-4-8-24-15(10-25)16(23-17(12)24)14-6-2-3-7-21-14;7-6-4-2-1-3-5-6;1-3-4-2/h2-8,10,19-20H,9H2,1H3,(H,22,26);1-5H,7H2;4H,3H2,1-2H3. The van der Waals surface area contributed by atoms with Crippen molar-refractivity contribution in [3.63, 3.8) is 0 Å². The van der Waals surface area contributed by atoms with Crippen LogP contribution in [0.15, 0.2) is 73.1 Å². The number of anilines is 1. The van der Waals surface area contributed by atoms with Crippen LogP contribution in [0.3, 0.4) is 0 Å². The van der Waals surface area contributed by atoms with E-state index in [-0.39, 0.29) is 23.5 Å². The monoisotopic (exact) mass is 500 g/mol. The Morgan fingerprint density at radius 2 is 1.76 bits per heavy atom. The van der Waals surface area contributed by atoms with Crippen molar-refractivity contribution >= 4 is 35.0 Å². The minimum atomic E-state index is -0.434. The molecule has 0 bridgehead atoms. The Bertz CT molecular complexity index is 1330. The largest absolute Gasteiger partial charge is 0.399 e. The molecule has 10 nitrogen and oxygen atoms in total. The molecule has 37 heavy (non-hydrogen) atoms. The lowest BCUT2D eigenvalue weighted by Crippen LogP contribution is -2.32. The number of nitrogens with two attached hydrogens (primary N) is 1. The molecule has 6 N–H and O–H groups in total. The number of nitrogens with zero attached hydrogens (tertiary/aromatic N) is 3. The lowest BCUT2D eigenvalue weighted by molar-refractivity contribution is 0.0960. The van der Waals surface area contributed by atoms with Gasteiger partial charge in [0, 0.05) is 18.1 Å². The highest BCUT2D eigenvalue weighted by Crippen LogP contribution is 2.23. The van der Waals surface area contributed by atoms with E-state index in [1.165, 1.54) is 6.92 Å². The van der Waals surface area contributed by atoms with E-state index in [9.17, 15) is 9.59 Å². The zero-order valence-electron chi connectivity index (χ0n) is 21.2. The minimum Gasteiger partial charge on any atom is -0.399 e. The number of benzene rings is 1. The van der Waals surface area contributed by atoms with Gasteiger partial charge in [-0.3, -0.25) is 19.0 Å². The molecule has 10 heteroatoms. The van der Waals surface area contributed by atoms with Gasteiger partial charge in [-0.2, -0.15) is 0 Å². The summed E-state index contributed by atoms with van der Waals surface area (Å²) in [6.07, 6.45) is 3.94. The molecular formula is C27H32N8O2. The molecule has 0 aliphatic carbocycles. The van der Waals surface area contributed by atoms with Crippen molar-refractivity contribution in [3.05, 3.63) is 84.3 Å². The summed E-state index contributed by atoms with van der Waals surface area (Å²) in [4.78, 5) is 32.8. The number of para-hydroxylation sites is 1. The maximum atomic E-state index is 12.5. The summed E-state index contributed by atoms with van der Waals surface area (Å²) in [6, 6.07) is 18.0. The summed E-state index contributed by atoms with van der Waals surface area (Å²) < 4.78 is 1.54. The lowest BCUT2D eigenvalue weighted by Gasteiger charge is -2.06. The third kappa shape index (κ3) is 8.18. The molecule has 3 heterocycles. The number of imidazole rings is 1. The lowest BCUT2D eigenvalue weighted by atomic mass is 10.2. The van der Waals surface area contributed by atoms with Gasteiger partial charge in [0.05, 0.1) is 29.2 Å². The highest BCUT2D eigenvalue weighted by atomic mass is 16.1. The topological polar surface area (TPSA) is 162 Å². The van der Waals surface area contributed by atoms with Gasteiger partial charge in [0.1, 0.15) is 11.4 Å². The van der Waals surface area contributed by atoms with Crippen LogP contribution in [0, 0.1) is 10.8 Å². The third-order valence-corrected chi connectivity index (χ3v) is 4.98. The zero-order chi connectivity index (χ0) is 27.2. The van der Waals surface area contributed by atoms with Gasteiger partial charge in [0.2, 0.25) is 0 Å². The number of carbonyl (C=O) groups excluding carboxylic acids is 2. The summed E-state index contributed by atoms with van der Waals surface area (Å²) in [5.41, 5.74) is 8.12. The molecule has 0 saturated carbocycles. The first-order valence-corrected chi connectivity index (χ1v) is 11.6. The van der Waals surface area contributed by atoms with Crippen LogP contribution in [0.1, 0.15) is 34.7 Å². The molecule has 4 rings (SSSR count). The second-order valence-corrected chi connectivity index (χ2v) is 7.70. The molecule has 0 fully saturated rings. The minimum absolute atomic E-state index is 0.0244. The van der Waals surface area contributed by atoms with Crippen LogP contribution >= 0.6 is 0 Å². The molecule has 4 aromatic rings. The van der Waals surface area contributed by atoms with E-state index < -0.39 is 5.91 Å². The molecule has 1 aromatic carbocycles. The van der Waals surface area contributed by atoms with E-state index in [4.69, 9.17) is 16.6 Å². The van der Waals surface area contributed by atoms with Crippen LogP contribution < -0.4 is 16.4 Å². The average molecular weight is 501 g/mol. The van der Waals surface area contributed by atoms with Gasteiger partial charge in [-0.1, -0.05) is 31.2 Å². The number of hydrogen-bond acceptors (Lipinski definition) is 8. The summed E-state index contributed by atoms with van der Waals surface area (Å²) >= 11 is 0. The predicted octanol–water partition coefficient (Wildman–Crippen LogP) is 3.49. The maximum Gasteiger partial charge on any atom is 0.255 e. The van der Waals surface area contributed by atoms with E-state index >= 15 is 0 Å². The molecule has 0 aliphatic heterocycles. The van der Waals surface area contributed by atoms with Crippen LogP contribution in [0.2, 0.25) is 0 Å². The number of fused-ring (bicyclic) bond motifs is 1. The number of carbonyl (C=O) groups is 2. The molecular weight excluding hydrogens is 468 g/mol. The van der Waals surface area contributed by atoms with Crippen molar-refractivity contribution in [1.82, 2.24) is 25.0 Å². The van der Waals surface area contributed by atoms with Crippen molar-refractivity contribution < 1.29 is 9.59 Å². The number of rotatable bonds is 7. The van der Waals surface area contributed by atoms with Gasteiger partial charge in [0.25, 0.3) is 5.91 Å². The Labute approximate surface area is 216 Å². The Kier molecular flexibility index (Phi) is 11.3. The van der Waals surface area contributed by atoms with E-state index in [0.717, 1.165) is 12.2 Å². The van der Waals surface area contributed by atoms with Gasteiger partial charge in [-0.25, -0.2) is 4.98 Å². The fourth-order valence-corrected chi connectivity index (χ4v) is 2.92. The first-order valence-electron chi connectivity index (χ1n) is 11.6. The molecule has 1 amide bonds. The Morgan fingerprint density at radius 1 is 1.08 bits per heavy atom. The number of aromatic nitrogens is 3. The smallest absolute Gasteiger partial charge is 0.255 e. The van der Waals surface area contributed by atoms with Crippen molar-refractivity contribution in [2.24, 2.45) is 0 Å². The quantitative estimate of drug-likeness (QED) is 0.148. The molecule has 0 unspecified atom stereocenters. The van der Waals surface area contributed by atoms with Crippen molar-refractivity contribution in [1.29, 1.82) is 10.8 Å². The number of pyridine rings is 2. The summed E-state index contributed by atoms with van der Waals surface area (Å²) in [6.45, 7) is 4.57. The number of nitrogens with one attached hydrogen (secondary N) is 4. The zero-order valence-corrected chi connectivity index (χ0v) is 21.2. The van der Waals surface area contributed by atoms with E-state index in [1.807, 2.05) is 37.4 Å². The highest BCUT2D eigenvalue weighted by molar-refractivity contribution is 6.40. The van der Waals surface area contributed by atoms with Gasteiger partial charge in [-0.05, 0) is 56.9 Å². The van der Waals surface area contributed by atoms with Crippen molar-refractivity contribution in [2.45, 2.75) is 13.8 Å². The van der Waals surface area contributed by atoms with Crippen molar-refractivity contribution in [2.75, 3.05) is 25.9 Å². The third-order valence-electron chi connectivity index (χ3n) is 4.98. The van der Waals surface area contributed by atoms with Crippen LogP contribution in [-0.4, -0.2) is 58.1 Å². The second-order valence-electron chi connectivity index (χ2n) is 7.70. The molecule has 0 aliphatic rings. The molecule has 0 saturated heterocycles. The van der Waals surface area contributed by atoms with E-state index in [0.29, 0.717) is 29.0 Å². The first kappa shape index (κ1) is 28.5. The summed E-state index contributed by atoms with van der Waals surface area (Å²) in [7, 11) is 1.93. The van der Waals surface area contributed by atoms with Gasteiger partial charge in [0.15, 0.2) is 11.9 Å². The molecule has 3 aromatic heterocycles. The Hall–Kier alpha value is -4.70. The number of amides is 1. The molecule has 192 valence electrons. The normalized spacial score (nSPS) is 9.81. The maximum absolute atomic E-state index is 12.5. The Morgan fingerprint density at radius 3 is 2.27 bits per heavy atom. The second kappa shape index (κ2) is 14.6. The number of hydrogen-bond donors (Lipinski definition) is 5. The SMILES string of the molecule is CC(=N)C(=N)CNC(=O)c1cccn2c(C=O)c(-c3ccccn3)nc12.CCNC.Nc1ccccc1. The first-order chi connectivity index (χ1) is 17.8. The van der Waals surface area contributed by atoms with Gasteiger partial charge in [-0.15, -0.1) is 0 Å². The van der Waals surface area contributed by atoms with Crippen molar-refractivity contribution in [3.8, 4) is 11.4 Å². The van der Waals surface area contributed by atoms with Crippen LogP contribution in [-0.2, 0) is 0 Å². The summed E-state index contributed by atoms with van der Waals surface area (Å²) in [5, 5.41) is 20.5. The average Bonchev–Trinajstić information content (AvgIpc) is 3.31. The van der Waals surface area contributed by atoms with E-state index in [2.05, 4.69) is 27.5 Å². The molecule has 0 radical (unpaired) electrons. The Balaban J connectivity index is 0.000000363. The fraction of sp³-hybridized carbons (Fsp3) is 0.185. The number of nitrogen functional groups attached to an aromatic ring is 1. The molecule has 0 atom stereocenters. The van der Waals surface area contributed by atoms with E-state index in [1.54, 1.807) is 47.1 Å². The van der Waals surface area contributed by atoms with Crippen LogP contribution in [0.5, 0.6) is 0 Å². The number of aldehydes is 1. The fourth-order valence-electron chi connectivity index (χ4n) is 2.92. The van der Waals surface area contributed by atoms with Crippen LogP contribution in [0.4, 0.5) is 5.69 Å². The van der Waals surface area contributed by atoms with Gasteiger partial charge < -0.3 is 27.2 Å². The highest BCUT2D eigenvalue weighted by Gasteiger charge is 2.19. The molecule has 0 spiro atoms. The van der Waals surface area contributed by atoms with Gasteiger partial charge >= 0.3 is 0 Å². The predicted molar refractivity (Wildman–Crippen MR) is 148 cm³/mol. The van der Waals surface area contributed by atoms with Crippen LogP contribution in [0.25, 0.3) is 17.0 Å².